The van der Waals surface area contributed by atoms with Crippen LogP contribution in [0.15, 0.2) is 43.0 Å². The summed E-state index contributed by atoms with van der Waals surface area (Å²) in [6, 6.07) is 8.07. The predicted molar refractivity (Wildman–Crippen MR) is 72.8 cm³/mol. The summed E-state index contributed by atoms with van der Waals surface area (Å²) in [5, 5.41) is 6.13. The number of hydrogen-bond donors (Lipinski definition) is 2. The van der Waals surface area contributed by atoms with E-state index in [9.17, 15) is 4.79 Å². The molecule has 1 atom stereocenters. The molecule has 1 unspecified atom stereocenters. The Balaban J connectivity index is 1.70. The predicted octanol–water partition coefficient (Wildman–Crippen LogP) is 1.70. The molecule has 3 rings (SSSR count). The average Bonchev–Trinajstić information content (AvgIpc) is 2.48. The van der Waals surface area contributed by atoms with Gasteiger partial charge >= 0.3 is 0 Å². The molecule has 19 heavy (non-hydrogen) atoms. The molecule has 0 fully saturated rings. The third kappa shape index (κ3) is 2.54. The first-order valence-electron chi connectivity index (χ1n) is 6.20. The van der Waals surface area contributed by atoms with Crippen LogP contribution < -0.4 is 10.6 Å². The summed E-state index contributed by atoms with van der Waals surface area (Å²) in [5.74, 6) is -0.0769. The van der Waals surface area contributed by atoms with Gasteiger partial charge < -0.3 is 10.6 Å². The van der Waals surface area contributed by atoms with Crippen LogP contribution in [0.4, 0.5) is 11.4 Å². The third-order valence-corrected chi connectivity index (χ3v) is 3.22. The number of rotatable bonds is 2. The Morgan fingerprint density at radius 2 is 2.05 bits per heavy atom. The summed E-state index contributed by atoms with van der Waals surface area (Å²) in [4.78, 5) is 19.9. The van der Waals surface area contributed by atoms with E-state index in [0.29, 0.717) is 12.2 Å². The van der Waals surface area contributed by atoms with E-state index in [2.05, 4.69) is 20.6 Å². The Bertz CT molecular complexity index is 585. The topological polar surface area (TPSA) is 66.9 Å². The zero-order chi connectivity index (χ0) is 13.1. The lowest BCUT2D eigenvalue weighted by Gasteiger charge is -2.25. The van der Waals surface area contributed by atoms with Crippen molar-refractivity contribution in [3.05, 3.63) is 48.5 Å². The number of para-hydroxylation sites is 1. The van der Waals surface area contributed by atoms with E-state index in [1.54, 1.807) is 12.4 Å². The van der Waals surface area contributed by atoms with Crippen molar-refractivity contribution in [1.29, 1.82) is 0 Å². The molecule has 96 valence electrons. The van der Waals surface area contributed by atoms with Gasteiger partial charge in [-0.1, -0.05) is 18.2 Å². The highest BCUT2D eigenvalue weighted by Crippen LogP contribution is 2.24. The molecule has 0 aliphatic carbocycles. The van der Waals surface area contributed by atoms with Crippen LogP contribution in [0.25, 0.3) is 0 Å². The zero-order valence-corrected chi connectivity index (χ0v) is 10.3. The van der Waals surface area contributed by atoms with Gasteiger partial charge in [-0.15, -0.1) is 0 Å². The average molecular weight is 254 g/mol. The molecule has 2 heterocycles. The van der Waals surface area contributed by atoms with Crippen LogP contribution >= 0.6 is 0 Å². The van der Waals surface area contributed by atoms with E-state index in [1.807, 2.05) is 24.3 Å². The minimum atomic E-state index is -0.0740. The molecule has 1 aliphatic heterocycles. The van der Waals surface area contributed by atoms with Gasteiger partial charge in [0.15, 0.2) is 0 Å². The Labute approximate surface area is 111 Å². The van der Waals surface area contributed by atoms with E-state index in [4.69, 9.17) is 0 Å². The lowest BCUT2D eigenvalue weighted by Crippen LogP contribution is -2.33. The van der Waals surface area contributed by atoms with Crippen LogP contribution in [0.5, 0.6) is 0 Å². The molecule has 1 aliphatic rings. The van der Waals surface area contributed by atoms with Gasteiger partial charge in [-0.2, -0.15) is 0 Å². The van der Waals surface area contributed by atoms with Crippen LogP contribution in [0.3, 0.4) is 0 Å². The number of anilines is 2. The number of aromatic nitrogens is 2. The molecule has 2 aromatic rings. The number of hydrogen-bond acceptors (Lipinski definition) is 4. The molecular formula is C14H14N4O. The van der Waals surface area contributed by atoms with Crippen molar-refractivity contribution in [3.63, 3.8) is 0 Å². The summed E-state index contributed by atoms with van der Waals surface area (Å²) < 4.78 is 0. The Kier molecular flexibility index (Phi) is 3.10. The van der Waals surface area contributed by atoms with Crippen molar-refractivity contribution in [1.82, 2.24) is 9.97 Å². The first kappa shape index (κ1) is 11.6. The molecule has 5 heteroatoms. The maximum atomic E-state index is 12.2. The Hall–Kier alpha value is -2.43. The van der Waals surface area contributed by atoms with Gasteiger partial charge in [-0.05, 0) is 18.1 Å². The number of benzene rings is 1. The number of nitrogens with one attached hydrogen (secondary N) is 2. The van der Waals surface area contributed by atoms with E-state index in [-0.39, 0.29) is 11.8 Å². The molecule has 2 N–H and O–H groups in total. The smallest absolute Gasteiger partial charge is 0.229 e. The minimum Gasteiger partial charge on any atom is -0.384 e. The lowest BCUT2D eigenvalue weighted by molar-refractivity contribution is -0.119. The highest BCUT2D eigenvalue weighted by molar-refractivity contribution is 5.93. The molecule has 0 spiro atoms. The molecule has 5 nitrogen and oxygen atoms in total. The maximum Gasteiger partial charge on any atom is 0.229 e. The van der Waals surface area contributed by atoms with Gasteiger partial charge in [-0.3, -0.25) is 4.79 Å². The van der Waals surface area contributed by atoms with Crippen LogP contribution in [-0.2, 0) is 11.2 Å². The van der Waals surface area contributed by atoms with Gasteiger partial charge in [0, 0.05) is 12.2 Å². The fourth-order valence-corrected chi connectivity index (χ4v) is 2.23. The van der Waals surface area contributed by atoms with Crippen LogP contribution in [0.2, 0.25) is 0 Å². The summed E-state index contributed by atoms with van der Waals surface area (Å²) in [7, 11) is 0. The van der Waals surface area contributed by atoms with Gasteiger partial charge in [0.1, 0.15) is 6.33 Å². The van der Waals surface area contributed by atoms with Gasteiger partial charge in [0.05, 0.1) is 24.0 Å². The maximum absolute atomic E-state index is 12.2. The number of carbonyl (C=O) groups is 1. The largest absolute Gasteiger partial charge is 0.384 e. The number of fused-ring (bicyclic) bond motifs is 1. The Morgan fingerprint density at radius 1 is 1.26 bits per heavy atom. The van der Waals surface area contributed by atoms with Crippen LogP contribution in [0.1, 0.15) is 5.56 Å². The van der Waals surface area contributed by atoms with E-state index in [1.165, 1.54) is 11.9 Å². The molecule has 1 aromatic heterocycles. The summed E-state index contributed by atoms with van der Waals surface area (Å²) in [5.41, 5.74) is 2.93. The number of amides is 1. The molecule has 0 saturated heterocycles. The number of nitrogens with zero attached hydrogens (tertiary/aromatic N) is 2. The fraction of sp³-hybridized carbons (Fsp3) is 0.214. The lowest BCUT2D eigenvalue weighted by atomic mass is 9.93. The normalized spacial score (nSPS) is 17.2. The third-order valence-electron chi connectivity index (χ3n) is 3.22. The van der Waals surface area contributed by atoms with Gasteiger partial charge in [0.2, 0.25) is 5.91 Å². The van der Waals surface area contributed by atoms with Crippen LogP contribution in [-0.4, -0.2) is 22.4 Å². The van der Waals surface area contributed by atoms with E-state index < -0.39 is 0 Å². The first-order valence-corrected chi connectivity index (χ1v) is 6.20. The second-order valence-electron chi connectivity index (χ2n) is 4.56. The van der Waals surface area contributed by atoms with Crippen molar-refractivity contribution in [2.24, 2.45) is 5.92 Å². The molecule has 0 radical (unpaired) electrons. The molecule has 1 amide bonds. The standard InChI is InChI=1S/C14H14N4O/c19-14(18-12-7-15-9-16-8-12)11-5-10-3-1-2-4-13(10)17-6-11/h1-4,7-9,11,17H,5-6H2,(H,18,19). The molecule has 0 saturated carbocycles. The SMILES string of the molecule is O=C(Nc1cncnc1)C1CNc2ccccc2C1. The monoisotopic (exact) mass is 254 g/mol. The minimum absolute atomic E-state index is 0.00296. The van der Waals surface area contributed by atoms with Gasteiger partial charge in [-0.25, -0.2) is 9.97 Å². The quantitative estimate of drug-likeness (QED) is 0.856. The second-order valence-corrected chi connectivity index (χ2v) is 4.56. The fourth-order valence-electron chi connectivity index (χ4n) is 2.23. The van der Waals surface area contributed by atoms with E-state index in [0.717, 1.165) is 12.1 Å². The van der Waals surface area contributed by atoms with Crippen molar-refractivity contribution >= 4 is 17.3 Å². The Morgan fingerprint density at radius 3 is 2.89 bits per heavy atom. The summed E-state index contributed by atoms with van der Waals surface area (Å²) >= 11 is 0. The van der Waals surface area contributed by atoms with Gasteiger partial charge in [0.25, 0.3) is 0 Å². The highest BCUT2D eigenvalue weighted by atomic mass is 16.1. The van der Waals surface area contributed by atoms with Crippen molar-refractivity contribution in [2.45, 2.75) is 6.42 Å². The summed E-state index contributed by atoms with van der Waals surface area (Å²) in [6.45, 7) is 0.649. The van der Waals surface area contributed by atoms with Crippen LogP contribution in [0, 0.1) is 5.92 Å². The molecule has 0 bridgehead atoms. The molecular weight excluding hydrogens is 240 g/mol. The van der Waals surface area contributed by atoms with Crippen molar-refractivity contribution in [2.75, 3.05) is 17.2 Å². The zero-order valence-electron chi connectivity index (χ0n) is 10.3. The highest BCUT2D eigenvalue weighted by Gasteiger charge is 2.24. The number of carbonyl (C=O) groups excluding carboxylic acids is 1. The molecule has 1 aromatic carbocycles. The second kappa shape index (κ2) is 5.06. The summed E-state index contributed by atoms with van der Waals surface area (Å²) in [6.07, 6.45) is 5.38. The van der Waals surface area contributed by atoms with Crippen molar-refractivity contribution in [3.8, 4) is 0 Å². The first-order chi connectivity index (χ1) is 9.33. The van der Waals surface area contributed by atoms with E-state index >= 15 is 0 Å². The van der Waals surface area contributed by atoms with Crippen molar-refractivity contribution < 1.29 is 4.79 Å².